The minimum absolute atomic E-state index is 0.258. The van der Waals surface area contributed by atoms with E-state index in [1.807, 2.05) is 30.3 Å². The van der Waals surface area contributed by atoms with Crippen LogP contribution in [-0.4, -0.2) is 28.8 Å². The van der Waals surface area contributed by atoms with Crippen molar-refractivity contribution in [2.45, 2.75) is 26.2 Å². The van der Waals surface area contributed by atoms with Gasteiger partial charge in [-0.25, -0.2) is 0 Å². The fourth-order valence-electron chi connectivity index (χ4n) is 2.87. The summed E-state index contributed by atoms with van der Waals surface area (Å²) in [6.45, 7) is 3.17. The second kappa shape index (κ2) is 6.64. The number of piperidine rings is 1. The van der Waals surface area contributed by atoms with Gasteiger partial charge in [-0.15, -0.1) is 0 Å². The summed E-state index contributed by atoms with van der Waals surface area (Å²) in [5.74, 6) is -0.258. The van der Waals surface area contributed by atoms with Gasteiger partial charge in [0.15, 0.2) is 0 Å². The molecule has 1 aromatic carbocycles. The third kappa shape index (κ3) is 3.26. The van der Waals surface area contributed by atoms with Crippen molar-refractivity contribution in [2.75, 3.05) is 23.3 Å². The average molecular weight is 312 g/mol. The second-order valence-electron chi connectivity index (χ2n) is 5.69. The monoisotopic (exact) mass is 312 g/mol. The average Bonchev–Trinajstić information content (AvgIpc) is 2.58. The lowest BCUT2D eigenvalue weighted by molar-refractivity contribution is -0.114. The smallest absolute Gasteiger partial charge is 0.297 e. The standard InChI is InChI=1S/C17H20N4O2/c1-13(22)19-16-15(20-10-6-3-7-11-20)12-18-21(17(16)23)14-8-4-2-5-9-14/h2,4-5,8-9,12H,3,6-7,10-11H2,1H3,(H,19,22). The van der Waals surface area contributed by atoms with Crippen LogP contribution in [0.25, 0.3) is 5.69 Å². The fraction of sp³-hybridized carbons (Fsp3) is 0.353. The number of aromatic nitrogens is 2. The van der Waals surface area contributed by atoms with Gasteiger partial charge in [0.1, 0.15) is 5.69 Å². The highest BCUT2D eigenvalue weighted by atomic mass is 16.2. The van der Waals surface area contributed by atoms with E-state index in [4.69, 9.17) is 0 Å². The molecule has 1 saturated heterocycles. The summed E-state index contributed by atoms with van der Waals surface area (Å²) in [4.78, 5) is 26.5. The number of carbonyl (C=O) groups excluding carboxylic acids is 1. The van der Waals surface area contributed by atoms with Gasteiger partial charge in [-0.1, -0.05) is 18.2 Å². The molecule has 1 fully saturated rings. The fourth-order valence-corrected chi connectivity index (χ4v) is 2.87. The number of amides is 1. The molecule has 1 N–H and O–H groups in total. The molecule has 0 spiro atoms. The molecule has 0 atom stereocenters. The Labute approximate surface area is 134 Å². The predicted molar refractivity (Wildman–Crippen MR) is 90.2 cm³/mol. The molecule has 0 radical (unpaired) electrons. The van der Waals surface area contributed by atoms with Crippen LogP contribution in [0.4, 0.5) is 11.4 Å². The minimum atomic E-state index is -0.311. The zero-order valence-corrected chi connectivity index (χ0v) is 13.2. The van der Waals surface area contributed by atoms with Crippen molar-refractivity contribution in [1.82, 2.24) is 9.78 Å². The summed E-state index contributed by atoms with van der Waals surface area (Å²) in [6.07, 6.45) is 5.04. The SMILES string of the molecule is CC(=O)Nc1c(N2CCCCC2)cnn(-c2ccccc2)c1=O. The Morgan fingerprint density at radius 3 is 2.48 bits per heavy atom. The summed E-state index contributed by atoms with van der Waals surface area (Å²) < 4.78 is 1.32. The van der Waals surface area contributed by atoms with Crippen molar-refractivity contribution >= 4 is 17.3 Å². The molecule has 0 bridgehead atoms. The van der Waals surface area contributed by atoms with E-state index in [2.05, 4.69) is 15.3 Å². The quantitative estimate of drug-likeness (QED) is 0.943. The van der Waals surface area contributed by atoms with Gasteiger partial charge in [0.2, 0.25) is 5.91 Å². The molecule has 6 heteroatoms. The molecule has 2 heterocycles. The lowest BCUT2D eigenvalue weighted by Crippen LogP contribution is -2.34. The lowest BCUT2D eigenvalue weighted by atomic mass is 10.1. The summed E-state index contributed by atoms with van der Waals surface area (Å²) in [7, 11) is 0. The Morgan fingerprint density at radius 2 is 1.83 bits per heavy atom. The van der Waals surface area contributed by atoms with E-state index < -0.39 is 0 Å². The first-order chi connectivity index (χ1) is 11.2. The summed E-state index contributed by atoms with van der Waals surface area (Å²) in [5.41, 5.74) is 1.37. The molecular weight excluding hydrogens is 292 g/mol. The van der Waals surface area contributed by atoms with Crippen LogP contribution in [0.1, 0.15) is 26.2 Å². The molecule has 1 amide bonds. The van der Waals surface area contributed by atoms with Crippen LogP contribution in [-0.2, 0) is 4.79 Å². The number of benzene rings is 1. The van der Waals surface area contributed by atoms with Crippen LogP contribution in [0.3, 0.4) is 0 Å². The van der Waals surface area contributed by atoms with Crippen LogP contribution < -0.4 is 15.8 Å². The Balaban J connectivity index is 2.09. The van der Waals surface area contributed by atoms with Crippen molar-refractivity contribution in [2.24, 2.45) is 0 Å². The maximum atomic E-state index is 12.8. The first-order valence-corrected chi connectivity index (χ1v) is 7.87. The highest BCUT2D eigenvalue weighted by Crippen LogP contribution is 2.25. The summed E-state index contributed by atoms with van der Waals surface area (Å²) >= 11 is 0. The Hall–Kier alpha value is -2.63. The maximum Gasteiger partial charge on any atom is 0.297 e. The first kappa shape index (κ1) is 15.3. The first-order valence-electron chi connectivity index (χ1n) is 7.87. The Morgan fingerprint density at radius 1 is 1.13 bits per heavy atom. The van der Waals surface area contributed by atoms with Gasteiger partial charge in [-0.05, 0) is 31.4 Å². The third-order valence-electron chi connectivity index (χ3n) is 3.96. The number of para-hydroxylation sites is 1. The second-order valence-corrected chi connectivity index (χ2v) is 5.69. The molecular formula is C17H20N4O2. The van der Waals surface area contributed by atoms with Crippen LogP contribution in [0.5, 0.6) is 0 Å². The Kier molecular flexibility index (Phi) is 4.41. The largest absolute Gasteiger partial charge is 0.368 e. The van der Waals surface area contributed by atoms with E-state index in [0.717, 1.165) is 25.9 Å². The topological polar surface area (TPSA) is 67.2 Å². The van der Waals surface area contributed by atoms with Crippen molar-refractivity contribution < 1.29 is 4.79 Å². The van der Waals surface area contributed by atoms with Gasteiger partial charge in [0.25, 0.3) is 5.56 Å². The van der Waals surface area contributed by atoms with Crippen molar-refractivity contribution in [1.29, 1.82) is 0 Å². The number of rotatable bonds is 3. The molecule has 1 aliphatic heterocycles. The highest BCUT2D eigenvalue weighted by Gasteiger charge is 2.20. The number of nitrogens with zero attached hydrogens (tertiary/aromatic N) is 3. The Bertz CT molecular complexity index is 749. The van der Waals surface area contributed by atoms with E-state index in [-0.39, 0.29) is 11.5 Å². The minimum Gasteiger partial charge on any atom is -0.368 e. The van der Waals surface area contributed by atoms with Crippen LogP contribution in [0.15, 0.2) is 41.3 Å². The van der Waals surface area contributed by atoms with Crippen molar-refractivity contribution in [3.63, 3.8) is 0 Å². The third-order valence-corrected chi connectivity index (χ3v) is 3.96. The van der Waals surface area contributed by atoms with Crippen LogP contribution in [0.2, 0.25) is 0 Å². The van der Waals surface area contributed by atoms with Gasteiger partial charge in [-0.3, -0.25) is 9.59 Å². The molecule has 1 aromatic heterocycles. The molecule has 0 unspecified atom stereocenters. The van der Waals surface area contributed by atoms with Gasteiger partial charge >= 0.3 is 0 Å². The van der Waals surface area contributed by atoms with E-state index in [1.165, 1.54) is 18.0 Å². The van der Waals surface area contributed by atoms with E-state index in [1.54, 1.807) is 6.20 Å². The summed E-state index contributed by atoms with van der Waals surface area (Å²) in [6, 6.07) is 9.20. The van der Waals surface area contributed by atoms with Gasteiger partial charge in [-0.2, -0.15) is 9.78 Å². The van der Waals surface area contributed by atoms with E-state index >= 15 is 0 Å². The van der Waals surface area contributed by atoms with Crippen molar-refractivity contribution in [3.8, 4) is 5.69 Å². The zero-order chi connectivity index (χ0) is 16.2. The molecule has 23 heavy (non-hydrogen) atoms. The number of anilines is 2. The van der Waals surface area contributed by atoms with Gasteiger partial charge in [0, 0.05) is 20.0 Å². The number of carbonyl (C=O) groups is 1. The predicted octanol–water partition coefficient (Wildman–Crippen LogP) is 2.18. The number of hydrogen-bond donors (Lipinski definition) is 1. The van der Waals surface area contributed by atoms with E-state index in [0.29, 0.717) is 17.1 Å². The normalized spacial score (nSPS) is 14.6. The van der Waals surface area contributed by atoms with E-state index in [9.17, 15) is 9.59 Å². The van der Waals surface area contributed by atoms with Gasteiger partial charge in [0.05, 0.1) is 17.6 Å². The lowest BCUT2D eigenvalue weighted by Gasteiger charge is -2.30. The van der Waals surface area contributed by atoms with Crippen molar-refractivity contribution in [3.05, 3.63) is 46.9 Å². The molecule has 1 aliphatic rings. The highest BCUT2D eigenvalue weighted by molar-refractivity contribution is 5.92. The molecule has 2 aromatic rings. The summed E-state index contributed by atoms with van der Waals surface area (Å²) in [5, 5.41) is 7.00. The number of nitrogens with one attached hydrogen (secondary N) is 1. The molecule has 0 saturated carbocycles. The molecule has 120 valence electrons. The maximum absolute atomic E-state index is 12.8. The van der Waals surface area contributed by atoms with Gasteiger partial charge < -0.3 is 10.2 Å². The zero-order valence-electron chi connectivity index (χ0n) is 13.2. The van der Waals surface area contributed by atoms with Crippen LogP contribution >= 0.6 is 0 Å². The van der Waals surface area contributed by atoms with Crippen LogP contribution in [0, 0.1) is 0 Å². The molecule has 0 aliphatic carbocycles. The molecule has 3 rings (SSSR count). The number of hydrogen-bond acceptors (Lipinski definition) is 4. The molecule has 6 nitrogen and oxygen atoms in total.